The number of hydrogen-bond acceptors (Lipinski definition) is 4. The van der Waals surface area contributed by atoms with Crippen LogP contribution in [-0.4, -0.2) is 11.2 Å². The topological polar surface area (TPSA) is 60.2 Å². The number of carbonyl (C=O) groups excluding carboxylic acids is 1. The van der Waals surface area contributed by atoms with Crippen LogP contribution < -0.4 is 0 Å². The lowest BCUT2D eigenvalue weighted by molar-refractivity contribution is -0.380. The highest BCUT2D eigenvalue weighted by Crippen LogP contribution is 2.27. The Morgan fingerprint density at radius 1 is 1.21 bits per heavy atom. The standard InChI is InChI=1S/C13H8ClNO3S/c14-11-3-1-9(2-4-11)10(8-16)7-12-5-6-13(19-12)15(17)18/h1-8H. The third-order valence-corrected chi connectivity index (χ3v) is 3.63. The highest BCUT2D eigenvalue weighted by Gasteiger charge is 2.09. The molecule has 96 valence electrons. The average molecular weight is 294 g/mol. The van der Waals surface area contributed by atoms with E-state index in [0.29, 0.717) is 15.5 Å². The first-order chi connectivity index (χ1) is 9.10. The number of nitrogens with zero attached hydrogens (tertiary/aromatic N) is 1. The van der Waals surface area contributed by atoms with Crippen molar-refractivity contribution >= 4 is 45.9 Å². The Balaban J connectivity index is 2.34. The molecule has 2 aromatic rings. The molecule has 0 fully saturated rings. The van der Waals surface area contributed by atoms with Gasteiger partial charge in [0.05, 0.1) is 4.92 Å². The molecule has 0 bridgehead atoms. The van der Waals surface area contributed by atoms with E-state index in [-0.39, 0.29) is 5.00 Å². The summed E-state index contributed by atoms with van der Waals surface area (Å²) in [5.41, 5.74) is 1.17. The average Bonchev–Trinajstić information content (AvgIpc) is 2.86. The van der Waals surface area contributed by atoms with Crippen molar-refractivity contribution in [2.24, 2.45) is 0 Å². The van der Waals surface area contributed by atoms with Gasteiger partial charge in [0.1, 0.15) is 0 Å². The van der Waals surface area contributed by atoms with Gasteiger partial charge in [0.15, 0.2) is 6.29 Å². The number of thiophene rings is 1. The Kier molecular flexibility index (Phi) is 4.09. The largest absolute Gasteiger partial charge is 0.324 e. The van der Waals surface area contributed by atoms with Crippen LogP contribution in [-0.2, 0) is 4.79 Å². The zero-order chi connectivity index (χ0) is 13.8. The van der Waals surface area contributed by atoms with Gasteiger partial charge in [-0.15, -0.1) is 0 Å². The predicted octanol–water partition coefficient (Wildman–Crippen LogP) is 4.05. The van der Waals surface area contributed by atoms with Gasteiger partial charge in [-0.3, -0.25) is 14.9 Å². The molecular formula is C13H8ClNO3S. The summed E-state index contributed by atoms with van der Waals surface area (Å²) in [4.78, 5) is 21.9. The van der Waals surface area contributed by atoms with Crippen LogP contribution in [0.2, 0.25) is 5.02 Å². The molecule has 0 aliphatic heterocycles. The minimum absolute atomic E-state index is 0.0487. The number of nitro groups is 1. The van der Waals surface area contributed by atoms with Crippen molar-refractivity contribution in [1.82, 2.24) is 0 Å². The van der Waals surface area contributed by atoms with Crippen LogP contribution in [0.5, 0.6) is 0 Å². The Hall–Kier alpha value is -1.98. The van der Waals surface area contributed by atoms with Gasteiger partial charge < -0.3 is 0 Å². The van der Waals surface area contributed by atoms with Crippen molar-refractivity contribution < 1.29 is 9.72 Å². The summed E-state index contributed by atoms with van der Waals surface area (Å²) in [7, 11) is 0. The molecule has 0 unspecified atom stereocenters. The van der Waals surface area contributed by atoms with E-state index in [4.69, 9.17) is 11.6 Å². The molecule has 0 saturated heterocycles. The van der Waals surface area contributed by atoms with E-state index >= 15 is 0 Å². The lowest BCUT2D eigenvalue weighted by Gasteiger charge is -1.99. The van der Waals surface area contributed by atoms with Crippen LogP contribution in [0.25, 0.3) is 11.6 Å². The van der Waals surface area contributed by atoms with Crippen molar-refractivity contribution in [1.29, 1.82) is 0 Å². The first-order valence-electron chi connectivity index (χ1n) is 5.27. The normalized spacial score (nSPS) is 11.3. The summed E-state index contributed by atoms with van der Waals surface area (Å²) in [5.74, 6) is 0. The van der Waals surface area contributed by atoms with Crippen molar-refractivity contribution in [3.63, 3.8) is 0 Å². The number of allylic oxidation sites excluding steroid dienone is 1. The Morgan fingerprint density at radius 2 is 1.89 bits per heavy atom. The molecule has 0 aliphatic carbocycles. The van der Waals surface area contributed by atoms with Crippen molar-refractivity contribution in [2.45, 2.75) is 0 Å². The number of hydrogen-bond donors (Lipinski definition) is 0. The second-order valence-electron chi connectivity index (χ2n) is 3.66. The van der Waals surface area contributed by atoms with Crippen LogP contribution in [0.4, 0.5) is 5.00 Å². The molecule has 2 rings (SSSR count). The monoisotopic (exact) mass is 293 g/mol. The van der Waals surface area contributed by atoms with Crippen molar-refractivity contribution in [3.05, 3.63) is 62.0 Å². The van der Waals surface area contributed by atoms with Gasteiger partial charge in [0.2, 0.25) is 0 Å². The maximum Gasteiger partial charge on any atom is 0.324 e. The Bertz CT molecular complexity index is 646. The SMILES string of the molecule is O=CC(=Cc1ccc([N+](=O)[O-])s1)c1ccc(Cl)cc1. The second-order valence-corrected chi connectivity index (χ2v) is 5.19. The van der Waals surface area contributed by atoms with Crippen LogP contribution in [0, 0.1) is 10.1 Å². The summed E-state index contributed by atoms with van der Waals surface area (Å²) in [6.07, 6.45) is 2.34. The molecule has 19 heavy (non-hydrogen) atoms. The zero-order valence-corrected chi connectivity index (χ0v) is 11.1. The summed E-state index contributed by atoms with van der Waals surface area (Å²) in [6, 6.07) is 9.86. The third kappa shape index (κ3) is 3.27. The molecule has 0 atom stereocenters. The highest BCUT2D eigenvalue weighted by atomic mass is 35.5. The number of benzene rings is 1. The van der Waals surface area contributed by atoms with Gasteiger partial charge in [-0.05, 0) is 29.8 Å². The molecule has 0 spiro atoms. The quantitative estimate of drug-likeness (QED) is 0.370. The Labute approximate surface area is 118 Å². The minimum Gasteiger partial charge on any atom is -0.298 e. The van der Waals surface area contributed by atoms with Crippen LogP contribution in [0.15, 0.2) is 36.4 Å². The van der Waals surface area contributed by atoms with Crippen molar-refractivity contribution in [2.75, 3.05) is 0 Å². The van der Waals surface area contributed by atoms with Gasteiger partial charge in [-0.25, -0.2) is 0 Å². The van der Waals surface area contributed by atoms with E-state index in [2.05, 4.69) is 0 Å². The van der Waals surface area contributed by atoms with E-state index in [1.165, 1.54) is 6.07 Å². The molecule has 0 saturated carbocycles. The molecule has 1 aromatic heterocycles. The zero-order valence-electron chi connectivity index (χ0n) is 9.58. The summed E-state index contributed by atoms with van der Waals surface area (Å²) in [5, 5.41) is 11.2. The van der Waals surface area contributed by atoms with Gasteiger partial charge in [-0.1, -0.05) is 35.1 Å². The molecule has 0 N–H and O–H groups in total. The lowest BCUT2D eigenvalue weighted by atomic mass is 10.1. The van der Waals surface area contributed by atoms with E-state index in [0.717, 1.165) is 23.2 Å². The number of rotatable bonds is 4. The molecular weight excluding hydrogens is 286 g/mol. The molecule has 0 aliphatic rings. The van der Waals surface area contributed by atoms with Gasteiger partial charge in [-0.2, -0.15) is 0 Å². The first kappa shape index (κ1) is 13.5. The summed E-state index contributed by atoms with van der Waals surface area (Å²) < 4.78 is 0. The molecule has 1 heterocycles. The van der Waals surface area contributed by atoms with E-state index < -0.39 is 4.92 Å². The van der Waals surface area contributed by atoms with E-state index in [9.17, 15) is 14.9 Å². The first-order valence-corrected chi connectivity index (χ1v) is 6.46. The van der Waals surface area contributed by atoms with Gasteiger partial charge in [0.25, 0.3) is 0 Å². The highest BCUT2D eigenvalue weighted by molar-refractivity contribution is 7.16. The maximum atomic E-state index is 11.1. The number of carbonyl (C=O) groups is 1. The second kappa shape index (κ2) is 5.77. The van der Waals surface area contributed by atoms with Crippen LogP contribution >= 0.6 is 22.9 Å². The molecule has 6 heteroatoms. The van der Waals surface area contributed by atoms with Gasteiger partial charge >= 0.3 is 5.00 Å². The van der Waals surface area contributed by atoms with Crippen LogP contribution in [0.3, 0.4) is 0 Å². The fraction of sp³-hybridized carbons (Fsp3) is 0. The number of halogens is 1. The third-order valence-electron chi connectivity index (χ3n) is 2.39. The van der Waals surface area contributed by atoms with Gasteiger partial charge in [0, 0.05) is 21.5 Å². The smallest absolute Gasteiger partial charge is 0.298 e. The van der Waals surface area contributed by atoms with Crippen molar-refractivity contribution in [3.8, 4) is 0 Å². The van der Waals surface area contributed by atoms with E-state index in [1.54, 1.807) is 36.4 Å². The lowest BCUT2D eigenvalue weighted by Crippen LogP contribution is -1.84. The predicted molar refractivity (Wildman–Crippen MR) is 76.4 cm³/mol. The fourth-order valence-corrected chi connectivity index (χ4v) is 2.40. The summed E-state index contributed by atoms with van der Waals surface area (Å²) >= 11 is 6.80. The number of aldehydes is 1. The maximum absolute atomic E-state index is 11.1. The molecule has 1 aromatic carbocycles. The van der Waals surface area contributed by atoms with Crippen LogP contribution in [0.1, 0.15) is 10.4 Å². The molecule has 0 amide bonds. The molecule has 4 nitrogen and oxygen atoms in total. The Morgan fingerprint density at radius 3 is 2.42 bits per heavy atom. The van der Waals surface area contributed by atoms with E-state index in [1.807, 2.05) is 0 Å². The minimum atomic E-state index is -0.453. The molecule has 0 radical (unpaired) electrons. The summed E-state index contributed by atoms with van der Waals surface area (Å²) in [6.45, 7) is 0. The fourth-order valence-electron chi connectivity index (χ4n) is 1.50.